The van der Waals surface area contributed by atoms with Gasteiger partial charge in [-0.15, -0.1) is 0 Å². The summed E-state index contributed by atoms with van der Waals surface area (Å²) in [7, 11) is 3.85. The van der Waals surface area contributed by atoms with Gasteiger partial charge in [-0.25, -0.2) is 0 Å². The zero-order chi connectivity index (χ0) is 10.5. The van der Waals surface area contributed by atoms with Gasteiger partial charge in [0.1, 0.15) is 0 Å². The zero-order valence-corrected chi connectivity index (χ0v) is 8.79. The van der Waals surface area contributed by atoms with E-state index in [1.165, 1.54) is 0 Å². The van der Waals surface area contributed by atoms with Gasteiger partial charge in [0.25, 0.3) is 0 Å². The molecular formula is C8H24N4O. The minimum atomic E-state index is 0.257. The molecule has 0 aromatic carbocycles. The van der Waals surface area contributed by atoms with E-state index in [4.69, 9.17) is 16.6 Å². The highest BCUT2D eigenvalue weighted by molar-refractivity contribution is 4.45. The molecule has 0 fully saturated rings. The van der Waals surface area contributed by atoms with E-state index in [9.17, 15) is 0 Å². The van der Waals surface area contributed by atoms with Crippen LogP contribution in [-0.4, -0.2) is 63.4 Å². The number of rotatable bonds is 6. The molecule has 0 saturated carbocycles. The normalized spacial score (nSPS) is 9.69. The standard InChI is InChI=1S/C4H13N3.C4H11NO/c5-1-3-7-4-2-6;1-5(2)3-4-6/h7H,1-6H2;6H,3-4H2,1-2H3. The third-order valence-electron chi connectivity index (χ3n) is 1.19. The van der Waals surface area contributed by atoms with Gasteiger partial charge in [-0.1, -0.05) is 0 Å². The van der Waals surface area contributed by atoms with Gasteiger partial charge in [0, 0.05) is 32.7 Å². The maximum absolute atomic E-state index is 8.20. The molecule has 0 aromatic heterocycles. The molecule has 82 valence electrons. The predicted molar refractivity (Wildman–Crippen MR) is 56.6 cm³/mol. The lowest BCUT2D eigenvalue weighted by Gasteiger charge is -2.03. The molecule has 0 atom stereocenters. The summed E-state index contributed by atoms with van der Waals surface area (Å²) in [6.45, 7) is 4.15. The van der Waals surface area contributed by atoms with E-state index in [1.807, 2.05) is 19.0 Å². The molecule has 0 aliphatic carbocycles. The molecule has 0 bridgehead atoms. The first-order chi connectivity index (χ1) is 6.18. The van der Waals surface area contributed by atoms with Gasteiger partial charge in [-0.3, -0.25) is 0 Å². The van der Waals surface area contributed by atoms with Crippen LogP contribution in [0, 0.1) is 0 Å². The van der Waals surface area contributed by atoms with E-state index in [0.29, 0.717) is 13.1 Å². The number of nitrogens with one attached hydrogen (secondary N) is 1. The Kier molecular flexibility index (Phi) is 16.8. The van der Waals surface area contributed by atoms with Gasteiger partial charge in [0.05, 0.1) is 6.61 Å². The first kappa shape index (κ1) is 15.3. The minimum Gasteiger partial charge on any atom is -0.395 e. The Bertz CT molecular complexity index is 76.5. The smallest absolute Gasteiger partial charge is 0.0558 e. The van der Waals surface area contributed by atoms with Gasteiger partial charge in [-0.05, 0) is 14.1 Å². The van der Waals surface area contributed by atoms with Crippen molar-refractivity contribution < 1.29 is 5.11 Å². The van der Waals surface area contributed by atoms with E-state index in [0.717, 1.165) is 19.6 Å². The summed E-state index contributed by atoms with van der Waals surface area (Å²) in [5.74, 6) is 0. The lowest BCUT2D eigenvalue weighted by atomic mass is 10.6. The van der Waals surface area contributed by atoms with E-state index < -0.39 is 0 Å². The Morgan fingerprint density at radius 1 is 1.15 bits per heavy atom. The van der Waals surface area contributed by atoms with Crippen molar-refractivity contribution in [3.8, 4) is 0 Å². The molecule has 5 nitrogen and oxygen atoms in total. The van der Waals surface area contributed by atoms with Crippen molar-refractivity contribution in [2.45, 2.75) is 0 Å². The molecule has 0 saturated heterocycles. The van der Waals surface area contributed by atoms with Crippen LogP contribution in [0.25, 0.3) is 0 Å². The number of nitrogens with zero attached hydrogens (tertiary/aromatic N) is 1. The Labute approximate surface area is 81.1 Å². The second-order valence-corrected chi connectivity index (χ2v) is 2.85. The Morgan fingerprint density at radius 2 is 1.62 bits per heavy atom. The number of hydrogen-bond acceptors (Lipinski definition) is 5. The summed E-state index contributed by atoms with van der Waals surface area (Å²) in [4.78, 5) is 1.93. The third kappa shape index (κ3) is 24.5. The molecule has 6 N–H and O–H groups in total. The van der Waals surface area contributed by atoms with E-state index in [1.54, 1.807) is 0 Å². The van der Waals surface area contributed by atoms with Gasteiger partial charge in [0.2, 0.25) is 0 Å². The monoisotopic (exact) mass is 192 g/mol. The molecule has 0 amide bonds. The Hall–Kier alpha value is -0.200. The van der Waals surface area contributed by atoms with Gasteiger partial charge >= 0.3 is 0 Å². The van der Waals surface area contributed by atoms with Crippen molar-refractivity contribution in [1.29, 1.82) is 0 Å². The van der Waals surface area contributed by atoms with Crippen LogP contribution in [0.3, 0.4) is 0 Å². The second kappa shape index (κ2) is 14.3. The summed E-state index contributed by atoms with van der Waals surface area (Å²) in [6, 6.07) is 0. The lowest BCUT2D eigenvalue weighted by Crippen LogP contribution is -2.27. The van der Waals surface area contributed by atoms with Crippen LogP contribution in [0.15, 0.2) is 0 Å². The van der Waals surface area contributed by atoms with Crippen molar-refractivity contribution in [3.63, 3.8) is 0 Å². The van der Waals surface area contributed by atoms with Crippen LogP contribution in [0.4, 0.5) is 0 Å². The van der Waals surface area contributed by atoms with Gasteiger partial charge < -0.3 is 26.8 Å². The number of nitrogens with two attached hydrogens (primary N) is 2. The molecule has 0 rings (SSSR count). The maximum Gasteiger partial charge on any atom is 0.0558 e. The number of hydrogen-bond donors (Lipinski definition) is 4. The molecular weight excluding hydrogens is 168 g/mol. The number of aliphatic hydroxyl groups excluding tert-OH is 1. The van der Waals surface area contributed by atoms with Crippen molar-refractivity contribution in [3.05, 3.63) is 0 Å². The molecule has 5 heteroatoms. The summed E-state index contributed by atoms with van der Waals surface area (Å²) in [5, 5.41) is 11.2. The second-order valence-electron chi connectivity index (χ2n) is 2.85. The topological polar surface area (TPSA) is 87.5 Å². The lowest BCUT2D eigenvalue weighted by molar-refractivity contribution is 0.243. The Morgan fingerprint density at radius 3 is 1.77 bits per heavy atom. The van der Waals surface area contributed by atoms with E-state index in [2.05, 4.69) is 5.32 Å². The SMILES string of the molecule is CN(C)CCO.NCCNCCN. The molecule has 13 heavy (non-hydrogen) atoms. The van der Waals surface area contributed by atoms with E-state index >= 15 is 0 Å². The highest BCUT2D eigenvalue weighted by Gasteiger charge is 1.80. The van der Waals surface area contributed by atoms with Crippen LogP contribution in [0.1, 0.15) is 0 Å². The highest BCUT2D eigenvalue weighted by atomic mass is 16.3. The van der Waals surface area contributed by atoms with Crippen LogP contribution >= 0.6 is 0 Å². The number of likely N-dealkylation sites (N-methyl/N-ethyl adjacent to an activating group) is 1. The van der Waals surface area contributed by atoms with Crippen LogP contribution in [0.5, 0.6) is 0 Å². The van der Waals surface area contributed by atoms with Gasteiger partial charge in [-0.2, -0.15) is 0 Å². The van der Waals surface area contributed by atoms with Crippen LogP contribution < -0.4 is 16.8 Å². The summed E-state index contributed by atoms with van der Waals surface area (Å²) >= 11 is 0. The fourth-order valence-corrected chi connectivity index (χ4v) is 0.529. The largest absolute Gasteiger partial charge is 0.395 e. The average molecular weight is 192 g/mol. The predicted octanol–water partition coefficient (Wildman–Crippen LogP) is -1.97. The molecule has 0 aliphatic rings. The summed E-state index contributed by atoms with van der Waals surface area (Å²) < 4.78 is 0. The van der Waals surface area contributed by atoms with Gasteiger partial charge in [0.15, 0.2) is 0 Å². The highest BCUT2D eigenvalue weighted by Crippen LogP contribution is 1.66. The summed E-state index contributed by atoms with van der Waals surface area (Å²) in [5.41, 5.74) is 10.3. The van der Waals surface area contributed by atoms with Crippen molar-refractivity contribution in [2.75, 3.05) is 53.4 Å². The quantitative estimate of drug-likeness (QED) is 0.367. The first-order valence-corrected chi connectivity index (χ1v) is 4.55. The van der Waals surface area contributed by atoms with E-state index in [-0.39, 0.29) is 6.61 Å². The summed E-state index contributed by atoms with van der Waals surface area (Å²) in [6.07, 6.45) is 0. The molecule has 0 aromatic rings. The molecule has 0 spiro atoms. The average Bonchev–Trinajstić information content (AvgIpc) is 2.06. The molecule has 0 unspecified atom stereocenters. The maximum atomic E-state index is 8.20. The fraction of sp³-hybridized carbons (Fsp3) is 1.00. The number of aliphatic hydroxyl groups is 1. The first-order valence-electron chi connectivity index (χ1n) is 4.55. The molecule has 0 heterocycles. The van der Waals surface area contributed by atoms with Crippen LogP contribution in [0.2, 0.25) is 0 Å². The fourth-order valence-electron chi connectivity index (χ4n) is 0.529. The van der Waals surface area contributed by atoms with Crippen molar-refractivity contribution in [1.82, 2.24) is 10.2 Å². The van der Waals surface area contributed by atoms with Crippen molar-refractivity contribution in [2.24, 2.45) is 11.5 Å². The van der Waals surface area contributed by atoms with Crippen molar-refractivity contribution >= 4 is 0 Å². The Balaban J connectivity index is 0. The zero-order valence-electron chi connectivity index (χ0n) is 8.79. The third-order valence-corrected chi connectivity index (χ3v) is 1.19. The minimum absolute atomic E-state index is 0.257. The molecule has 0 aliphatic heterocycles. The molecule has 0 radical (unpaired) electrons. The van der Waals surface area contributed by atoms with Crippen LogP contribution in [-0.2, 0) is 0 Å².